The van der Waals surface area contributed by atoms with Crippen LogP contribution in [0, 0.1) is 6.92 Å². The highest BCUT2D eigenvalue weighted by Gasteiger charge is 2.28. The Morgan fingerprint density at radius 1 is 1.36 bits per heavy atom. The minimum absolute atomic E-state index is 0.0867. The van der Waals surface area contributed by atoms with Gasteiger partial charge in [-0.1, -0.05) is 24.2 Å². The predicted octanol–water partition coefficient (Wildman–Crippen LogP) is 2.96. The maximum absolute atomic E-state index is 12.6. The highest BCUT2D eigenvalue weighted by atomic mass is 16.5. The molecule has 1 aliphatic rings. The normalized spacial score (nSPS) is 18.5. The van der Waals surface area contributed by atoms with Gasteiger partial charge < -0.3 is 9.42 Å². The van der Waals surface area contributed by atoms with Crippen LogP contribution in [0.1, 0.15) is 53.3 Å². The summed E-state index contributed by atoms with van der Waals surface area (Å²) in [5.74, 6) is 1.53. The fourth-order valence-electron chi connectivity index (χ4n) is 2.91. The molecule has 1 atom stereocenters. The molecule has 0 unspecified atom stereocenters. The second-order valence-corrected chi connectivity index (χ2v) is 5.82. The van der Waals surface area contributed by atoms with Crippen molar-refractivity contribution in [3.05, 3.63) is 47.1 Å². The van der Waals surface area contributed by atoms with Gasteiger partial charge >= 0.3 is 0 Å². The van der Waals surface area contributed by atoms with E-state index in [0.717, 1.165) is 31.4 Å². The number of likely N-dealkylation sites (tertiary alicyclic amines) is 1. The predicted molar refractivity (Wildman–Crippen MR) is 82.7 cm³/mol. The number of nitrogens with zero attached hydrogens (tertiary/aromatic N) is 3. The highest BCUT2D eigenvalue weighted by molar-refractivity contribution is 5.94. The van der Waals surface area contributed by atoms with E-state index in [0.29, 0.717) is 18.3 Å². The Morgan fingerprint density at radius 3 is 2.77 bits per heavy atom. The van der Waals surface area contributed by atoms with Gasteiger partial charge in [-0.05, 0) is 43.9 Å². The van der Waals surface area contributed by atoms with E-state index in [1.165, 1.54) is 5.56 Å². The van der Waals surface area contributed by atoms with Gasteiger partial charge in [-0.2, -0.15) is 4.98 Å². The largest absolute Gasteiger partial charge is 0.339 e. The van der Waals surface area contributed by atoms with Gasteiger partial charge in [-0.25, -0.2) is 0 Å². The van der Waals surface area contributed by atoms with Crippen LogP contribution in [-0.2, 0) is 6.42 Å². The molecule has 116 valence electrons. The molecule has 1 fully saturated rings. The number of piperidine rings is 1. The van der Waals surface area contributed by atoms with Crippen LogP contribution in [0.4, 0.5) is 0 Å². The molecule has 0 bridgehead atoms. The minimum atomic E-state index is 0.0867. The monoisotopic (exact) mass is 299 g/mol. The molecule has 2 aromatic rings. The number of aromatic nitrogens is 2. The van der Waals surface area contributed by atoms with Gasteiger partial charge in [0.25, 0.3) is 5.91 Å². The number of hydrogen-bond acceptors (Lipinski definition) is 4. The third kappa shape index (κ3) is 3.03. The molecule has 5 heteroatoms. The topological polar surface area (TPSA) is 59.2 Å². The molecule has 2 heterocycles. The molecule has 3 rings (SSSR count). The summed E-state index contributed by atoms with van der Waals surface area (Å²) >= 11 is 0. The van der Waals surface area contributed by atoms with E-state index in [4.69, 9.17) is 4.52 Å². The molecule has 0 N–H and O–H groups in total. The van der Waals surface area contributed by atoms with E-state index in [-0.39, 0.29) is 11.8 Å². The van der Waals surface area contributed by atoms with Crippen molar-refractivity contribution in [1.82, 2.24) is 15.0 Å². The summed E-state index contributed by atoms with van der Waals surface area (Å²) in [6, 6.07) is 7.88. The van der Waals surface area contributed by atoms with Crippen molar-refractivity contribution in [3.8, 4) is 0 Å². The van der Waals surface area contributed by atoms with Crippen molar-refractivity contribution in [3.63, 3.8) is 0 Å². The Bertz CT molecular complexity index is 648. The van der Waals surface area contributed by atoms with Crippen molar-refractivity contribution >= 4 is 5.91 Å². The van der Waals surface area contributed by atoms with Crippen LogP contribution in [0.25, 0.3) is 0 Å². The smallest absolute Gasteiger partial charge is 0.253 e. The standard InChI is InChI=1S/C17H21N3O2/c1-3-13-6-8-14(9-7-13)17(21)20-10-4-5-15(11-20)16-18-12(2)19-22-16/h6-9,15H,3-5,10-11H2,1-2H3/t15-/m0/s1. The first-order chi connectivity index (χ1) is 10.7. The molecule has 1 aromatic heterocycles. The molecular formula is C17H21N3O2. The van der Waals surface area contributed by atoms with Gasteiger partial charge in [-0.3, -0.25) is 4.79 Å². The maximum Gasteiger partial charge on any atom is 0.253 e. The zero-order chi connectivity index (χ0) is 15.5. The third-order valence-electron chi connectivity index (χ3n) is 4.21. The SMILES string of the molecule is CCc1ccc(C(=O)N2CCC[C@H](c3nc(C)no3)C2)cc1. The lowest BCUT2D eigenvalue weighted by molar-refractivity contribution is 0.0695. The van der Waals surface area contributed by atoms with E-state index in [9.17, 15) is 4.79 Å². The van der Waals surface area contributed by atoms with Crippen LogP contribution in [0.5, 0.6) is 0 Å². The molecule has 0 radical (unpaired) electrons. The fraction of sp³-hybridized carbons (Fsp3) is 0.471. The van der Waals surface area contributed by atoms with Crippen molar-refractivity contribution in [2.24, 2.45) is 0 Å². The maximum atomic E-state index is 12.6. The second kappa shape index (κ2) is 6.30. The lowest BCUT2D eigenvalue weighted by Gasteiger charge is -2.31. The lowest BCUT2D eigenvalue weighted by atomic mass is 9.97. The number of hydrogen-bond donors (Lipinski definition) is 0. The van der Waals surface area contributed by atoms with Gasteiger partial charge in [0.2, 0.25) is 5.89 Å². The Labute approximate surface area is 130 Å². The van der Waals surface area contributed by atoms with E-state index in [1.54, 1.807) is 0 Å². The lowest BCUT2D eigenvalue weighted by Crippen LogP contribution is -2.39. The first-order valence-electron chi connectivity index (χ1n) is 7.85. The van der Waals surface area contributed by atoms with Gasteiger partial charge in [0, 0.05) is 18.7 Å². The van der Waals surface area contributed by atoms with Gasteiger partial charge in [-0.15, -0.1) is 0 Å². The van der Waals surface area contributed by atoms with Gasteiger partial charge in [0.05, 0.1) is 5.92 Å². The fourth-order valence-corrected chi connectivity index (χ4v) is 2.91. The first-order valence-corrected chi connectivity index (χ1v) is 7.85. The molecule has 1 saturated heterocycles. The van der Waals surface area contributed by atoms with Crippen molar-refractivity contribution < 1.29 is 9.32 Å². The van der Waals surface area contributed by atoms with Gasteiger partial charge in [0.1, 0.15) is 0 Å². The van der Waals surface area contributed by atoms with Crippen LogP contribution in [0.3, 0.4) is 0 Å². The zero-order valence-electron chi connectivity index (χ0n) is 13.1. The summed E-state index contributed by atoms with van der Waals surface area (Å²) in [7, 11) is 0. The highest BCUT2D eigenvalue weighted by Crippen LogP contribution is 2.26. The molecular weight excluding hydrogens is 278 g/mol. The number of carbonyl (C=O) groups is 1. The van der Waals surface area contributed by atoms with Crippen LogP contribution in [-0.4, -0.2) is 34.0 Å². The van der Waals surface area contributed by atoms with Gasteiger partial charge in [0.15, 0.2) is 5.82 Å². The summed E-state index contributed by atoms with van der Waals surface area (Å²) in [6.07, 6.45) is 2.93. The van der Waals surface area contributed by atoms with E-state index < -0.39 is 0 Å². The van der Waals surface area contributed by atoms with E-state index in [2.05, 4.69) is 17.1 Å². The summed E-state index contributed by atoms with van der Waals surface area (Å²) in [4.78, 5) is 18.8. The van der Waals surface area contributed by atoms with Crippen molar-refractivity contribution in [2.45, 2.75) is 39.0 Å². The quantitative estimate of drug-likeness (QED) is 0.874. The van der Waals surface area contributed by atoms with Crippen LogP contribution in [0.2, 0.25) is 0 Å². The molecule has 22 heavy (non-hydrogen) atoms. The average molecular weight is 299 g/mol. The first kappa shape index (κ1) is 14.8. The minimum Gasteiger partial charge on any atom is -0.339 e. The molecule has 5 nitrogen and oxygen atoms in total. The Kier molecular flexibility index (Phi) is 4.22. The summed E-state index contributed by atoms with van der Waals surface area (Å²) in [5, 5.41) is 3.85. The molecule has 0 saturated carbocycles. The molecule has 0 spiro atoms. The zero-order valence-corrected chi connectivity index (χ0v) is 13.1. The average Bonchev–Trinajstić information content (AvgIpc) is 3.01. The van der Waals surface area contributed by atoms with Crippen LogP contribution >= 0.6 is 0 Å². The van der Waals surface area contributed by atoms with Crippen LogP contribution < -0.4 is 0 Å². The Balaban J connectivity index is 1.71. The number of rotatable bonds is 3. The second-order valence-electron chi connectivity index (χ2n) is 5.82. The third-order valence-corrected chi connectivity index (χ3v) is 4.21. The summed E-state index contributed by atoms with van der Waals surface area (Å²) in [5.41, 5.74) is 1.99. The Morgan fingerprint density at radius 2 is 2.14 bits per heavy atom. The number of benzene rings is 1. The summed E-state index contributed by atoms with van der Waals surface area (Å²) in [6.45, 7) is 5.36. The number of amides is 1. The Hall–Kier alpha value is -2.17. The number of aryl methyl sites for hydroxylation is 2. The molecule has 0 aliphatic carbocycles. The molecule has 1 aliphatic heterocycles. The van der Waals surface area contributed by atoms with Crippen LogP contribution in [0.15, 0.2) is 28.8 Å². The van der Waals surface area contributed by atoms with E-state index in [1.807, 2.05) is 36.1 Å². The van der Waals surface area contributed by atoms with Crippen molar-refractivity contribution in [1.29, 1.82) is 0 Å². The summed E-state index contributed by atoms with van der Waals surface area (Å²) < 4.78 is 5.27. The van der Waals surface area contributed by atoms with Crippen molar-refractivity contribution in [2.75, 3.05) is 13.1 Å². The van der Waals surface area contributed by atoms with E-state index >= 15 is 0 Å². The number of carbonyl (C=O) groups excluding carboxylic acids is 1. The molecule has 1 amide bonds. The molecule has 1 aromatic carbocycles.